The molecule has 1 aliphatic carbocycles. The van der Waals surface area contributed by atoms with Crippen molar-refractivity contribution >= 4 is 11.7 Å². The Bertz CT molecular complexity index is 466. The highest BCUT2D eigenvalue weighted by molar-refractivity contribution is 5.73. The van der Waals surface area contributed by atoms with Crippen molar-refractivity contribution in [2.75, 3.05) is 18.0 Å². The highest BCUT2D eigenvalue weighted by atomic mass is 16.4. The number of nitrogens with zero attached hydrogens (tertiary/aromatic N) is 1. The van der Waals surface area contributed by atoms with Gasteiger partial charge in [-0.3, -0.25) is 4.79 Å². The predicted molar refractivity (Wildman–Crippen MR) is 75.4 cm³/mol. The third-order valence-electron chi connectivity index (χ3n) is 4.54. The fourth-order valence-electron chi connectivity index (χ4n) is 3.53. The van der Waals surface area contributed by atoms with Crippen LogP contribution in [0.1, 0.15) is 31.2 Å². The van der Waals surface area contributed by atoms with Crippen molar-refractivity contribution in [3.8, 4) is 0 Å². The lowest BCUT2D eigenvalue weighted by molar-refractivity contribution is -0.141. The minimum atomic E-state index is -0.661. The SMILES string of the molecule is O=C(O)C1Cc2ccccc2N(CC2CCCC2)C1. The number of para-hydroxylation sites is 1. The van der Waals surface area contributed by atoms with Gasteiger partial charge in [-0.1, -0.05) is 31.0 Å². The summed E-state index contributed by atoms with van der Waals surface area (Å²) in [5.74, 6) is -0.164. The van der Waals surface area contributed by atoms with Gasteiger partial charge in [-0.05, 0) is 36.8 Å². The Labute approximate surface area is 114 Å². The lowest BCUT2D eigenvalue weighted by Crippen LogP contribution is -2.41. The Morgan fingerprint density at radius 1 is 1.26 bits per heavy atom. The zero-order chi connectivity index (χ0) is 13.2. The third-order valence-corrected chi connectivity index (χ3v) is 4.54. The molecule has 1 aromatic carbocycles. The minimum absolute atomic E-state index is 0.253. The van der Waals surface area contributed by atoms with E-state index < -0.39 is 5.97 Å². The zero-order valence-corrected chi connectivity index (χ0v) is 11.2. The summed E-state index contributed by atoms with van der Waals surface area (Å²) >= 11 is 0. The summed E-state index contributed by atoms with van der Waals surface area (Å²) in [4.78, 5) is 13.6. The molecular formula is C16H21NO2. The molecule has 3 rings (SSSR count). The van der Waals surface area contributed by atoms with E-state index in [4.69, 9.17) is 0 Å². The summed E-state index contributed by atoms with van der Waals surface area (Å²) in [6.45, 7) is 1.70. The Kier molecular flexibility index (Phi) is 3.45. The second-order valence-electron chi connectivity index (χ2n) is 5.92. The van der Waals surface area contributed by atoms with Gasteiger partial charge in [0.1, 0.15) is 0 Å². The van der Waals surface area contributed by atoms with Crippen molar-refractivity contribution < 1.29 is 9.90 Å². The van der Waals surface area contributed by atoms with E-state index in [1.807, 2.05) is 6.07 Å². The van der Waals surface area contributed by atoms with Crippen LogP contribution in [0.5, 0.6) is 0 Å². The maximum absolute atomic E-state index is 11.3. The topological polar surface area (TPSA) is 40.5 Å². The second-order valence-corrected chi connectivity index (χ2v) is 5.92. The van der Waals surface area contributed by atoms with E-state index in [1.54, 1.807) is 0 Å². The first-order chi connectivity index (χ1) is 9.24. The molecule has 1 aliphatic heterocycles. The molecular weight excluding hydrogens is 238 g/mol. The molecule has 0 amide bonds. The standard InChI is InChI=1S/C16H21NO2/c18-16(19)14-9-13-7-3-4-8-15(13)17(11-14)10-12-5-1-2-6-12/h3-4,7-8,12,14H,1-2,5-6,9-11H2,(H,18,19). The molecule has 3 nitrogen and oxygen atoms in total. The first kappa shape index (κ1) is 12.5. The van der Waals surface area contributed by atoms with Crippen molar-refractivity contribution in [3.05, 3.63) is 29.8 Å². The van der Waals surface area contributed by atoms with E-state index in [9.17, 15) is 9.90 Å². The molecule has 102 valence electrons. The van der Waals surface area contributed by atoms with Crippen LogP contribution in [-0.2, 0) is 11.2 Å². The van der Waals surface area contributed by atoms with Crippen LogP contribution in [0.2, 0.25) is 0 Å². The molecule has 1 heterocycles. The largest absolute Gasteiger partial charge is 0.481 e. The van der Waals surface area contributed by atoms with Gasteiger partial charge >= 0.3 is 5.97 Å². The van der Waals surface area contributed by atoms with E-state index in [-0.39, 0.29) is 5.92 Å². The maximum atomic E-state index is 11.3. The highest BCUT2D eigenvalue weighted by Crippen LogP contribution is 2.33. The molecule has 3 heteroatoms. The fraction of sp³-hybridized carbons (Fsp3) is 0.562. The molecule has 1 unspecified atom stereocenters. The molecule has 1 N–H and O–H groups in total. The predicted octanol–water partition coefficient (Wildman–Crippen LogP) is 2.94. The van der Waals surface area contributed by atoms with E-state index in [0.29, 0.717) is 13.0 Å². The number of aliphatic carboxylic acids is 1. The molecule has 1 fully saturated rings. The van der Waals surface area contributed by atoms with E-state index in [1.165, 1.54) is 36.9 Å². The quantitative estimate of drug-likeness (QED) is 0.907. The molecule has 2 aliphatic rings. The molecule has 0 saturated heterocycles. The van der Waals surface area contributed by atoms with Gasteiger partial charge < -0.3 is 10.0 Å². The Balaban J connectivity index is 1.82. The zero-order valence-electron chi connectivity index (χ0n) is 11.2. The number of anilines is 1. The number of benzene rings is 1. The van der Waals surface area contributed by atoms with Gasteiger partial charge in [0.2, 0.25) is 0 Å². The lowest BCUT2D eigenvalue weighted by Gasteiger charge is -2.36. The van der Waals surface area contributed by atoms with Crippen molar-refractivity contribution in [1.29, 1.82) is 0 Å². The van der Waals surface area contributed by atoms with E-state index >= 15 is 0 Å². The first-order valence-corrected chi connectivity index (χ1v) is 7.29. The van der Waals surface area contributed by atoms with Crippen LogP contribution < -0.4 is 4.90 Å². The van der Waals surface area contributed by atoms with Crippen molar-refractivity contribution in [1.82, 2.24) is 0 Å². The van der Waals surface area contributed by atoms with Crippen molar-refractivity contribution in [3.63, 3.8) is 0 Å². The van der Waals surface area contributed by atoms with Crippen LogP contribution in [-0.4, -0.2) is 24.2 Å². The molecule has 1 aromatic rings. The van der Waals surface area contributed by atoms with Crippen LogP contribution >= 0.6 is 0 Å². The van der Waals surface area contributed by atoms with E-state index in [2.05, 4.69) is 23.1 Å². The van der Waals surface area contributed by atoms with Gasteiger partial charge in [-0.25, -0.2) is 0 Å². The molecule has 0 radical (unpaired) electrons. The number of rotatable bonds is 3. The molecule has 0 spiro atoms. The number of hydrogen-bond acceptors (Lipinski definition) is 2. The normalized spacial score (nSPS) is 23.4. The molecule has 19 heavy (non-hydrogen) atoms. The second kappa shape index (κ2) is 5.24. The summed E-state index contributed by atoms with van der Waals surface area (Å²) in [5, 5.41) is 9.32. The molecule has 0 aromatic heterocycles. The number of hydrogen-bond donors (Lipinski definition) is 1. The van der Waals surface area contributed by atoms with Gasteiger partial charge in [0.05, 0.1) is 5.92 Å². The fourth-order valence-corrected chi connectivity index (χ4v) is 3.53. The van der Waals surface area contributed by atoms with E-state index in [0.717, 1.165) is 12.5 Å². The van der Waals surface area contributed by atoms with Gasteiger partial charge in [-0.2, -0.15) is 0 Å². The van der Waals surface area contributed by atoms with Crippen LogP contribution in [0.25, 0.3) is 0 Å². The van der Waals surface area contributed by atoms with Gasteiger partial charge in [0.15, 0.2) is 0 Å². The lowest BCUT2D eigenvalue weighted by atomic mass is 9.91. The number of carboxylic acid groups (broad SMARTS) is 1. The highest BCUT2D eigenvalue weighted by Gasteiger charge is 2.30. The van der Waals surface area contributed by atoms with Crippen molar-refractivity contribution in [2.24, 2.45) is 11.8 Å². The van der Waals surface area contributed by atoms with Crippen LogP contribution in [0, 0.1) is 11.8 Å². The number of carbonyl (C=O) groups is 1. The number of carboxylic acids is 1. The minimum Gasteiger partial charge on any atom is -0.481 e. The Hall–Kier alpha value is -1.51. The summed E-state index contributed by atoms with van der Waals surface area (Å²) in [5.41, 5.74) is 2.45. The molecule has 0 bridgehead atoms. The van der Waals surface area contributed by atoms with Gasteiger partial charge in [0.25, 0.3) is 0 Å². The first-order valence-electron chi connectivity index (χ1n) is 7.29. The maximum Gasteiger partial charge on any atom is 0.308 e. The summed E-state index contributed by atoms with van der Waals surface area (Å²) < 4.78 is 0. The van der Waals surface area contributed by atoms with Crippen molar-refractivity contribution in [2.45, 2.75) is 32.1 Å². The summed E-state index contributed by atoms with van der Waals surface area (Å²) in [7, 11) is 0. The molecule has 1 saturated carbocycles. The Morgan fingerprint density at radius 3 is 2.74 bits per heavy atom. The van der Waals surface area contributed by atoms with Crippen LogP contribution in [0.3, 0.4) is 0 Å². The monoisotopic (exact) mass is 259 g/mol. The summed E-state index contributed by atoms with van der Waals surface area (Å²) in [6.07, 6.45) is 5.95. The average Bonchev–Trinajstić information content (AvgIpc) is 2.91. The number of fused-ring (bicyclic) bond motifs is 1. The smallest absolute Gasteiger partial charge is 0.308 e. The molecule has 1 atom stereocenters. The van der Waals surface area contributed by atoms with Gasteiger partial charge in [0, 0.05) is 18.8 Å². The average molecular weight is 259 g/mol. The third kappa shape index (κ3) is 2.60. The Morgan fingerprint density at radius 2 is 2.00 bits per heavy atom. The van der Waals surface area contributed by atoms with Gasteiger partial charge in [-0.15, -0.1) is 0 Å². The van der Waals surface area contributed by atoms with Crippen LogP contribution in [0.4, 0.5) is 5.69 Å². The van der Waals surface area contributed by atoms with Crippen LogP contribution in [0.15, 0.2) is 24.3 Å². The summed E-state index contributed by atoms with van der Waals surface area (Å²) in [6, 6.07) is 8.28.